The second-order valence-electron chi connectivity index (χ2n) is 16.2. The summed E-state index contributed by atoms with van der Waals surface area (Å²) in [6.07, 6.45) is 18.5. The fourth-order valence-corrected chi connectivity index (χ4v) is 9.26. The van der Waals surface area contributed by atoms with Gasteiger partial charge in [0.05, 0.1) is 14.2 Å². The Labute approximate surface area is 364 Å². The molecule has 0 saturated heterocycles. The van der Waals surface area contributed by atoms with Crippen molar-refractivity contribution < 1.29 is 29.3 Å². The number of methoxy groups -OCH3 is 2. The van der Waals surface area contributed by atoms with E-state index in [4.69, 9.17) is 0 Å². The summed E-state index contributed by atoms with van der Waals surface area (Å²) < 4.78 is 9.36. The number of nitrogens with zero attached hydrogens (tertiary/aromatic N) is 2. The summed E-state index contributed by atoms with van der Waals surface area (Å²) in [7, 11) is 2.77. The zero-order chi connectivity index (χ0) is 43.3. The van der Waals surface area contributed by atoms with Gasteiger partial charge in [0.1, 0.15) is 0 Å². The number of rotatable bonds is 18. The number of hydrogen-bond acceptors (Lipinski definition) is 8. The summed E-state index contributed by atoms with van der Waals surface area (Å²) in [6, 6.07) is 30.5. The number of fused-ring (bicyclic) bond motifs is 4. The fourth-order valence-electron chi connectivity index (χ4n) is 9.26. The lowest BCUT2D eigenvalue weighted by Crippen LogP contribution is -2.31. The van der Waals surface area contributed by atoms with Crippen molar-refractivity contribution in [2.45, 2.75) is 63.5 Å². The normalized spacial score (nSPS) is 15.8. The summed E-state index contributed by atoms with van der Waals surface area (Å²) >= 11 is 0. The molecule has 10 nitrogen and oxygen atoms in total. The fraction of sp³-hybridized carbons (Fsp3) is 0.346. The highest BCUT2D eigenvalue weighted by molar-refractivity contribution is 5.88. The molecule has 2 aliphatic rings. The number of carbonyl (C=O) groups is 2. The third kappa shape index (κ3) is 11.0. The Kier molecular flexibility index (Phi) is 15.6. The van der Waals surface area contributed by atoms with Crippen LogP contribution < -0.4 is 0 Å². The van der Waals surface area contributed by atoms with Gasteiger partial charge in [0, 0.05) is 97.8 Å². The number of benzene rings is 4. The highest BCUT2D eigenvalue weighted by Crippen LogP contribution is 2.38. The predicted octanol–water partition coefficient (Wildman–Crippen LogP) is 8.54. The molecule has 4 N–H and O–H groups in total. The number of hydrogen-bond donors (Lipinski definition) is 4. The molecular weight excluding hydrogens is 777 g/mol. The molecule has 2 aromatic heterocycles. The standard InChI is InChI=1S/2C26H30N2O3/c2*1-31-26(30)12-8-19-7-10-23-20(17-19)9-11-25(23)28(14-4-16-29)15-13-21-18-27-24-6-3-2-5-22(21)24/h2*2-3,5-8,10,12,17-18,25,27,29H,4,9,11,13-16H2,1H3/b2*12-8+. The van der Waals surface area contributed by atoms with Crippen molar-refractivity contribution in [2.24, 2.45) is 0 Å². The summed E-state index contributed by atoms with van der Waals surface area (Å²) in [5.41, 5.74) is 12.5. The largest absolute Gasteiger partial charge is 0.466 e. The molecule has 0 saturated carbocycles. The van der Waals surface area contributed by atoms with E-state index in [1.165, 1.54) is 81.6 Å². The maximum atomic E-state index is 11.4. The van der Waals surface area contributed by atoms with E-state index < -0.39 is 0 Å². The molecule has 2 heterocycles. The molecule has 8 rings (SSSR count). The van der Waals surface area contributed by atoms with Gasteiger partial charge in [0.2, 0.25) is 0 Å². The lowest BCUT2D eigenvalue weighted by molar-refractivity contribution is -0.135. The molecule has 10 heteroatoms. The van der Waals surface area contributed by atoms with Gasteiger partial charge in [-0.05, 0) is 120 Å². The first-order valence-corrected chi connectivity index (χ1v) is 22.0. The second-order valence-corrected chi connectivity index (χ2v) is 16.2. The van der Waals surface area contributed by atoms with Gasteiger partial charge in [-0.2, -0.15) is 0 Å². The average molecular weight is 837 g/mol. The van der Waals surface area contributed by atoms with Crippen molar-refractivity contribution in [3.05, 3.63) is 154 Å². The SMILES string of the molecule is COC(=O)/C=C/c1ccc2c(c1)CCC2N(CCCO)CCc1c[nH]c2ccccc12.COC(=O)/C=C/c1ccc2c(c1)CCC2N(CCCO)CCc1c[nH]c2ccccc12. The molecule has 62 heavy (non-hydrogen) atoms. The van der Waals surface area contributed by atoms with Crippen LogP contribution in [-0.2, 0) is 44.7 Å². The van der Waals surface area contributed by atoms with Gasteiger partial charge in [-0.15, -0.1) is 0 Å². The molecule has 0 spiro atoms. The minimum atomic E-state index is -0.342. The summed E-state index contributed by atoms with van der Waals surface area (Å²) in [5, 5.41) is 21.4. The van der Waals surface area contributed by atoms with Crippen molar-refractivity contribution in [3.63, 3.8) is 0 Å². The van der Waals surface area contributed by atoms with Gasteiger partial charge < -0.3 is 29.7 Å². The monoisotopic (exact) mass is 836 g/mol. The van der Waals surface area contributed by atoms with Crippen molar-refractivity contribution in [3.8, 4) is 0 Å². The quantitative estimate of drug-likeness (QED) is 0.0501. The van der Waals surface area contributed by atoms with Crippen LogP contribution in [0.15, 0.2) is 109 Å². The van der Waals surface area contributed by atoms with Crippen molar-refractivity contribution >= 4 is 45.9 Å². The number of aliphatic hydroxyl groups is 2. The first-order valence-electron chi connectivity index (χ1n) is 22.0. The highest BCUT2D eigenvalue weighted by Gasteiger charge is 2.29. The number of aliphatic hydroxyl groups excluding tert-OH is 2. The van der Waals surface area contributed by atoms with E-state index in [0.717, 1.165) is 88.7 Å². The molecule has 2 unspecified atom stereocenters. The number of para-hydroxylation sites is 2. The van der Waals surface area contributed by atoms with Crippen LogP contribution in [-0.4, -0.2) is 95.5 Å². The Morgan fingerprint density at radius 1 is 0.629 bits per heavy atom. The van der Waals surface area contributed by atoms with E-state index in [2.05, 4.69) is 127 Å². The van der Waals surface area contributed by atoms with E-state index in [1.54, 1.807) is 12.2 Å². The van der Waals surface area contributed by atoms with Gasteiger partial charge in [-0.1, -0.05) is 72.8 Å². The zero-order valence-electron chi connectivity index (χ0n) is 36.0. The molecule has 324 valence electrons. The molecule has 0 aliphatic heterocycles. The van der Waals surface area contributed by atoms with Crippen LogP contribution in [0, 0.1) is 0 Å². The number of ether oxygens (including phenoxy) is 2. The van der Waals surface area contributed by atoms with Gasteiger partial charge in [0.15, 0.2) is 0 Å². The molecule has 6 aromatic rings. The smallest absolute Gasteiger partial charge is 0.330 e. The minimum Gasteiger partial charge on any atom is -0.466 e. The molecule has 0 radical (unpaired) electrons. The zero-order valence-corrected chi connectivity index (χ0v) is 36.0. The Morgan fingerprint density at radius 3 is 1.48 bits per heavy atom. The third-order valence-corrected chi connectivity index (χ3v) is 12.4. The molecule has 2 aliphatic carbocycles. The maximum absolute atomic E-state index is 11.4. The summed E-state index contributed by atoms with van der Waals surface area (Å²) in [5.74, 6) is -0.684. The molecule has 0 fully saturated rings. The number of carbonyl (C=O) groups excluding carboxylic acids is 2. The van der Waals surface area contributed by atoms with Crippen LogP contribution in [0.3, 0.4) is 0 Å². The van der Waals surface area contributed by atoms with E-state index >= 15 is 0 Å². The molecule has 2 atom stereocenters. The lowest BCUT2D eigenvalue weighted by Gasteiger charge is -2.29. The third-order valence-electron chi connectivity index (χ3n) is 12.4. The van der Waals surface area contributed by atoms with Crippen LogP contribution in [0.1, 0.15) is 82.3 Å². The molecule has 0 amide bonds. The van der Waals surface area contributed by atoms with Gasteiger partial charge in [0.25, 0.3) is 0 Å². The second kappa shape index (κ2) is 21.8. The van der Waals surface area contributed by atoms with Crippen LogP contribution >= 0.6 is 0 Å². The van der Waals surface area contributed by atoms with Gasteiger partial charge >= 0.3 is 11.9 Å². The molecular formula is C52H60N4O6. The van der Waals surface area contributed by atoms with Gasteiger partial charge in [-0.25, -0.2) is 9.59 Å². The van der Waals surface area contributed by atoms with E-state index in [1.807, 2.05) is 0 Å². The number of esters is 2. The number of aromatic nitrogens is 2. The number of H-pyrrole nitrogens is 2. The number of aryl methyl sites for hydroxylation is 2. The van der Waals surface area contributed by atoms with Crippen LogP contribution in [0.5, 0.6) is 0 Å². The maximum Gasteiger partial charge on any atom is 0.330 e. The highest BCUT2D eigenvalue weighted by atomic mass is 16.5. The van der Waals surface area contributed by atoms with Crippen molar-refractivity contribution in [2.75, 3.05) is 53.6 Å². The predicted molar refractivity (Wildman–Crippen MR) is 248 cm³/mol. The number of nitrogens with one attached hydrogen (secondary N) is 2. The Hall–Kier alpha value is -5.78. The van der Waals surface area contributed by atoms with Gasteiger partial charge in [-0.3, -0.25) is 9.80 Å². The Morgan fingerprint density at radius 2 is 1.06 bits per heavy atom. The Balaban J connectivity index is 0.000000186. The summed E-state index contributed by atoms with van der Waals surface area (Å²) in [4.78, 5) is 34.5. The van der Waals surface area contributed by atoms with Crippen LogP contribution in [0.2, 0.25) is 0 Å². The minimum absolute atomic E-state index is 0.209. The lowest BCUT2D eigenvalue weighted by atomic mass is 10.0. The topological polar surface area (TPSA) is 131 Å². The first kappa shape index (κ1) is 44.3. The molecule has 0 bridgehead atoms. The van der Waals surface area contributed by atoms with Crippen LogP contribution in [0.25, 0.3) is 34.0 Å². The van der Waals surface area contributed by atoms with E-state index in [9.17, 15) is 19.8 Å². The van der Waals surface area contributed by atoms with Crippen LogP contribution in [0.4, 0.5) is 0 Å². The van der Waals surface area contributed by atoms with Crippen molar-refractivity contribution in [1.82, 2.24) is 19.8 Å². The Bertz CT molecular complexity index is 2310. The summed E-state index contributed by atoms with van der Waals surface area (Å²) in [6.45, 7) is 4.09. The van der Waals surface area contributed by atoms with Crippen molar-refractivity contribution in [1.29, 1.82) is 0 Å². The van der Waals surface area contributed by atoms with E-state index in [-0.39, 0.29) is 25.2 Å². The first-order chi connectivity index (χ1) is 30.4. The average Bonchev–Trinajstić information content (AvgIpc) is 4.13. The number of aromatic amines is 2. The molecule has 4 aromatic carbocycles. The van der Waals surface area contributed by atoms with E-state index in [0.29, 0.717) is 12.1 Å².